The van der Waals surface area contributed by atoms with Crippen LogP contribution in [0, 0.1) is 30.0 Å². The summed E-state index contributed by atoms with van der Waals surface area (Å²) >= 11 is 1.34. The van der Waals surface area contributed by atoms with E-state index in [9.17, 15) is 4.79 Å². The van der Waals surface area contributed by atoms with Gasteiger partial charge in [-0.1, -0.05) is 37.5 Å². The van der Waals surface area contributed by atoms with Crippen LogP contribution in [-0.4, -0.2) is 53.1 Å². The first-order valence-electron chi connectivity index (χ1n) is 15.8. The van der Waals surface area contributed by atoms with Gasteiger partial charge in [0.1, 0.15) is 40.6 Å². The Morgan fingerprint density at radius 1 is 1.23 bits per heavy atom. The lowest BCUT2D eigenvalue weighted by atomic mass is 9.84. The number of nitrogens with zero attached hydrogens (tertiary/aromatic N) is 5. The molecule has 0 unspecified atom stereocenters. The Labute approximate surface area is 285 Å². The smallest absolute Gasteiger partial charge is 0.418 e. The predicted molar refractivity (Wildman–Crippen MR) is 185 cm³/mol. The highest BCUT2D eigenvalue weighted by Gasteiger charge is 2.71. The Bertz CT molecular complexity index is 1790. The molecule has 2 aliphatic rings. The molecule has 13 heteroatoms. The maximum atomic E-state index is 15.9. The molecule has 0 N–H and O–H groups in total. The molecule has 5 rings (SSSR count). The number of carbonyl (C=O) groups excluding carboxylic acids is 1. The Morgan fingerprint density at radius 2 is 1.98 bits per heavy atom. The molecule has 1 aliphatic carbocycles. The number of amides is 1. The Balaban J connectivity index is 1.58. The number of rotatable bonds is 9. The number of aromatic nitrogens is 2. The lowest BCUT2D eigenvalue weighted by Gasteiger charge is -2.37. The van der Waals surface area contributed by atoms with Crippen molar-refractivity contribution in [3.63, 3.8) is 0 Å². The van der Waals surface area contributed by atoms with E-state index in [-0.39, 0.29) is 29.1 Å². The summed E-state index contributed by atoms with van der Waals surface area (Å²) < 4.78 is 48.4. The van der Waals surface area contributed by atoms with Gasteiger partial charge in [0.25, 0.3) is 0 Å². The number of oxazole rings is 1. The molecular weight excluding hydrogens is 653 g/mol. The summed E-state index contributed by atoms with van der Waals surface area (Å²) in [5.41, 5.74) is -1.03. The van der Waals surface area contributed by atoms with E-state index in [1.54, 1.807) is 40.0 Å². The van der Waals surface area contributed by atoms with E-state index in [0.717, 1.165) is 6.04 Å². The Kier molecular flexibility index (Phi) is 9.76. The fourth-order valence-electron chi connectivity index (χ4n) is 5.55. The summed E-state index contributed by atoms with van der Waals surface area (Å²) in [5.74, 6) is -0.342. The quantitative estimate of drug-likeness (QED) is 0.124. The molecular formula is C35H41F2N5O4SSi. The second kappa shape index (κ2) is 13.2. The van der Waals surface area contributed by atoms with Crippen LogP contribution < -0.4 is 0 Å². The van der Waals surface area contributed by atoms with E-state index < -0.39 is 41.7 Å². The van der Waals surface area contributed by atoms with E-state index in [4.69, 9.17) is 24.1 Å². The maximum Gasteiger partial charge on any atom is 0.418 e. The number of aliphatic imine (C=N–C) groups is 1. The lowest BCUT2D eigenvalue weighted by Crippen LogP contribution is -2.45. The molecule has 3 atom stereocenters. The molecule has 3 aromatic rings. The number of hydrogen-bond acceptors (Lipinski definition) is 9. The van der Waals surface area contributed by atoms with Crippen molar-refractivity contribution in [2.75, 3.05) is 13.3 Å². The third kappa shape index (κ3) is 7.72. The zero-order valence-electron chi connectivity index (χ0n) is 28.6. The zero-order valence-corrected chi connectivity index (χ0v) is 30.4. The number of nitriles is 1. The number of halogens is 2. The van der Waals surface area contributed by atoms with Crippen LogP contribution in [0.1, 0.15) is 68.2 Å². The van der Waals surface area contributed by atoms with Crippen LogP contribution in [0.3, 0.4) is 0 Å². The van der Waals surface area contributed by atoms with Crippen LogP contribution in [0.25, 0.3) is 11.9 Å². The van der Waals surface area contributed by atoms with Crippen molar-refractivity contribution in [3.05, 3.63) is 82.6 Å². The summed E-state index contributed by atoms with van der Waals surface area (Å²) in [4.78, 5) is 28.8. The van der Waals surface area contributed by atoms with Gasteiger partial charge in [-0.3, -0.25) is 9.98 Å². The van der Waals surface area contributed by atoms with Gasteiger partial charge in [0, 0.05) is 32.4 Å². The van der Waals surface area contributed by atoms with Crippen molar-refractivity contribution in [2.24, 2.45) is 10.9 Å². The minimum atomic E-state index is -1.41. The Hall–Kier alpha value is -3.86. The van der Waals surface area contributed by atoms with E-state index >= 15 is 8.78 Å². The van der Waals surface area contributed by atoms with Crippen molar-refractivity contribution in [1.82, 2.24) is 14.9 Å². The molecule has 0 bridgehead atoms. The van der Waals surface area contributed by atoms with Crippen molar-refractivity contribution >= 4 is 43.0 Å². The van der Waals surface area contributed by atoms with Gasteiger partial charge in [-0.25, -0.2) is 23.5 Å². The van der Waals surface area contributed by atoms with Crippen LogP contribution in [-0.2, 0) is 19.8 Å². The second-order valence-electron chi connectivity index (χ2n) is 14.6. The first-order valence-corrected chi connectivity index (χ1v) is 20.3. The molecule has 2 aromatic heterocycles. The van der Waals surface area contributed by atoms with Crippen LogP contribution in [0.2, 0.25) is 25.7 Å². The van der Waals surface area contributed by atoms with Gasteiger partial charge >= 0.3 is 6.09 Å². The summed E-state index contributed by atoms with van der Waals surface area (Å²) in [6, 6.07) is 10.1. The first-order chi connectivity index (χ1) is 22.4. The van der Waals surface area contributed by atoms with Crippen LogP contribution in [0.5, 0.6) is 0 Å². The number of aryl methyl sites for hydroxylation is 1. The number of hydrogen-bond donors (Lipinski definition) is 0. The van der Waals surface area contributed by atoms with Crippen LogP contribution >= 0.6 is 11.8 Å². The SMILES string of the molecule is Cc1cnc([C@]23C[C@H]2[C@@](C)(c2cc(/C=C(\F)c4ccc(C#N)cn4)ccc2F)N=C(N(COCC[Si](C)(C)C)C(=O)OC(C)(C)C)S3)o1. The number of carbonyl (C=O) groups is 1. The average Bonchev–Trinajstić information content (AvgIpc) is 3.60. The highest BCUT2D eigenvalue weighted by molar-refractivity contribution is 8.14. The fraction of sp³-hybridized carbons (Fsp3) is 0.457. The van der Waals surface area contributed by atoms with Gasteiger partial charge in [0.05, 0.1) is 23.0 Å². The van der Waals surface area contributed by atoms with Gasteiger partial charge in [0.2, 0.25) is 5.89 Å². The predicted octanol–water partition coefficient (Wildman–Crippen LogP) is 8.64. The monoisotopic (exact) mass is 693 g/mol. The molecule has 254 valence electrons. The van der Waals surface area contributed by atoms with Gasteiger partial charge in [0.15, 0.2) is 5.17 Å². The van der Waals surface area contributed by atoms with Gasteiger partial charge in [-0.2, -0.15) is 5.26 Å². The van der Waals surface area contributed by atoms with Crippen molar-refractivity contribution in [2.45, 2.75) is 82.6 Å². The lowest BCUT2D eigenvalue weighted by molar-refractivity contribution is 0.0110. The molecule has 0 spiro atoms. The van der Waals surface area contributed by atoms with E-state index in [1.165, 1.54) is 53.2 Å². The number of thioether (sulfide) groups is 1. The summed E-state index contributed by atoms with van der Waals surface area (Å²) in [7, 11) is -1.41. The third-order valence-electron chi connectivity index (χ3n) is 8.20. The molecule has 1 saturated carbocycles. The number of ether oxygens (including phenoxy) is 2. The standard InChI is InChI=1S/C35H41F2N5O4SSi/c1-22-19-40-30(45-22)35-17-29(35)34(5,25-15-23(9-11-26(25)36)16-27(37)28-12-10-24(18-38)20-39-28)41-31(47-35)42(32(43)46-33(2,3)4)21-44-13-14-48(6,7)8/h9-12,15-16,19-20,29H,13-14,17,21H2,1-8H3/b27-16-/t29-,34+,35-/m0/s1. The summed E-state index contributed by atoms with van der Waals surface area (Å²) in [6.45, 7) is 16.0. The molecule has 1 aromatic carbocycles. The fourth-order valence-corrected chi connectivity index (χ4v) is 7.90. The topological polar surface area (TPSA) is 114 Å². The molecule has 9 nitrogen and oxygen atoms in total. The molecule has 48 heavy (non-hydrogen) atoms. The highest BCUT2D eigenvalue weighted by atomic mass is 32.2. The molecule has 3 heterocycles. The second-order valence-corrected chi connectivity index (χ2v) is 21.5. The van der Waals surface area contributed by atoms with E-state index in [2.05, 4.69) is 29.6 Å². The minimum absolute atomic E-state index is 0.0445. The van der Waals surface area contributed by atoms with Gasteiger partial charge in [-0.05, 0) is 83.0 Å². The molecule has 0 radical (unpaired) electrons. The summed E-state index contributed by atoms with van der Waals surface area (Å²) in [6.07, 6.45) is 4.09. The number of amidine groups is 1. The van der Waals surface area contributed by atoms with E-state index in [0.29, 0.717) is 35.8 Å². The van der Waals surface area contributed by atoms with Crippen molar-refractivity contribution in [3.8, 4) is 6.07 Å². The van der Waals surface area contributed by atoms with Crippen LogP contribution in [0.15, 0.2) is 52.1 Å². The first kappa shape index (κ1) is 35.4. The number of benzene rings is 1. The van der Waals surface area contributed by atoms with Crippen molar-refractivity contribution in [1.29, 1.82) is 5.26 Å². The molecule has 0 saturated heterocycles. The molecule has 1 amide bonds. The van der Waals surface area contributed by atoms with Gasteiger partial charge < -0.3 is 13.9 Å². The van der Waals surface area contributed by atoms with Crippen LogP contribution in [0.4, 0.5) is 13.6 Å². The largest absolute Gasteiger partial charge is 0.444 e. The van der Waals surface area contributed by atoms with Gasteiger partial charge in [-0.15, -0.1) is 0 Å². The Morgan fingerprint density at radius 3 is 2.58 bits per heavy atom. The number of pyridine rings is 1. The maximum absolute atomic E-state index is 15.9. The van der Waals surface area contributed by atoms with E-state index in [1.807, 2.05) is 13.0 Å². The van der Waals surface area contributed by atoms with Crippen molar-refractivity contribution < 1.29 is 27.5 Å². The molecule has 1 aliphatic heterocycles. The summed E-state index contributed by atoms with van der Waals surface area (Å²) in [5, 5.41) is 9.34. The minimum Gasteiger partial charge on any atom is -0.444 e. The molecule has 1 fully saturated rings. The normalized spacial score (nSPS) is 22.4. The third-order valence-corrected chi connectivity index (χ3v) is 11.4. The zero-order chi connectivity index (χ0) is 35.1. The average molecular weight is 694 g/mol. The highest BCUT2D eigenvalue weighted by Crippen LogP contribution is 2.71. The number of fused-ring (bicyclic) bond motifs is 1.